The van der Waals surface area contributed by atoms with E-state index in [9.17, 15) is 0 Å². The first-order chi connectivity index (χ1) is 4.83. The molecule has 0 saturated carbocycles. The summed E-state index contributed by atoms with van der Waals surface area (Å²) in [7, 11) is 0. The van der Waals surface area contributed by atoms with Gasteiger partial charge in [-0.1, -0.05) is 17.7 Å². The van der Waals surface area contributed by atoms with Gasteiger partial charge in [-0.2, -0.15) is 12.6 Å². The number of rotatable bonds is 0. The Labute approximate surface area is 74.6 Å². The van der Waals surface area contributed by atoms with Crippen LogP contribution in [0.25, 0.3) is 0 Å². The Balaban J connectivity index is -0.0000000847. The summed E-state index contributed by atoms with van der Waals surface area (Å²) in [6.07, 6.45) is 8.25. The number of hydrogen-bond acceptors (Lipinski definition) is 2. The van der Waals surface area contributed by atoms with Gasteiger partial charge in [0.05, 0.1) is 0 Å². The summed E-state index contributed by atoms with van der Waals surface area (Å²) in [5.74, 6) is 4.98. The zero-order chi connectivity index (χ0) is 8.83. The third-order valence-corrected chi connectivity index (χ3v) is 0.612. The van der Waals surface area contributed by atoms with Gasteiger partial charge in [-0.15, -0.1) is 12.3 Å². The van der Waals surface area contributed by atoms with Crippen LogP contribution in [0.3, 0.4) is 0 Å². The Morgan fingerprint density at radius 3 is 1.60 bits per heavy atom. The lowest BCUT2D eigenvalue weighted by Gasteiger charge is -1.58. The molecule has 0 aromatic carbocycles. The van der Waals surface area contributed by atoms with Crippen LogP contribution in [0.5, 0.6) is 0 Å². The minimum atomic E-state index is 1.54. The molecule has 0 aliphatic heterocycles. The van der Waals surface area contributed by atoms with Crippen molar-refractivity contribution < 1.29 is 0 Å². The van der Waals surface area contributed by atoms with Gasteiger partial charge in [0.25, 0.3) is 0 Å². The summed E-state index contributed by atoms with van der Waals surface area (Å²) in [4.78, 5) is 0. The van der Waals surface area contributed by atoms with Crippen molar-refractivity contribution in [1.82, 2.24) is 0 Å². The third-order valence-electron chi connectivity index (χ3n) is 0.204. The van der Waals surface area contributed by atoms with E-state index < -0.39 is 0 Å². The number of terminal acetylenes is 1. The summed E-state index contributed by atoms with van der Waals surface area (Å²) >= 11 is 5.07. The highest BCUT2D eigenvalue weighted by molar-refractivity contribution is 8.03. The van der Waals surface area contributed by atoms with E-state index in [1.807, 2.05) is 13.2 Å². The van der Waals surface area contributed by atoms with Crippen molar-refractivity contribution in [3.63, 3.8) is 0 Å². The van der Waals surface area contributed by atoms with Gasteiger partial charge < -0.3 is 0 Å². The highest BCUT2D eigenvalue weighted by atomic mass is 32.2. The molecular formula is C8H14S2. The molecule has 58 valence electrons. The average molecular weight is 174 g/mol. The molecule has 0 amide bonds. The first kappa shape index (κ1) is 16.4. The van der Waals surface area contributed by atoms with Crippen LogP contribution >= 0.6 is 24.4 Å². The molecule has 10 heavy (non-hydrogen) atoms. The van der Waals surface area contributed by atoms with Crippen molar-refractivity contribution in [2.75, 3.05) is 12.5 Å². The predicted molar refractivity (Wildman–Crippen MR) is 56.4 cm³/mol. The summed E-state index contributed by atoms with van der Waals surface area (Å²) in [5.41, 5.74) is 0. The van der Waals surface area contributed by atoms with Crippen LogP contribution in [-0.2, 0) is 0 Å². The van der Waals surface area contributed by atoms with Crippen LogP contribution < -0.4 is 0 Å². The van der Waals surface area contributed by atoms with Crippen molar-refractivity contribution >= 4 is 24.4 Å². The summed E-state index contributed by atoms with van der Waals surface area (Å²) in [6, 6.07) is 0. The molecule has 0 radical (unpaired) electrons. The molecule has 0 aliphatic rings. The first-order valence-electron chi connectivity index (χ1n) is 2.60. The summed E-state index contributed by atoms with van der Waals surface area (Å²) < 4.78 is 0. The number of thioether (sulfide) groups is 1. The van der Waals surface area contributed by atoms with Crippen LogP contribution in [0.4, 0.5) is 0 Å². The largest absolute Gasteiger partial charge is 0.183 e. The van der Waals surface area contributed by atoms with Crippen molar-refractivity contribution in [1.29, 1.82) is 0 Å². The lowest BCUT2D eigenvalue weighted by atomic mass is 10.9. The predicted octanol–water partition coefficient (Wildman–Crippen LogP) is 2.52. The Morgan fingerprint density at radius 2 is 1.60 bits per heavy atom. The maximum Gasteiger partial charge on any atom is -0.00180 e. The molecule has 0 bridgehead atoms. The summed E-state index contributed by atoms with van der Waals surface area (Å²) in [6.45, 7) is 3.48. The number of hydrogen-bond donors (Lipinski definition) is 1. The van der Waals surface area contributed by atoms with Crippen molar-refractivity contribution in [3.05, 3.63) is 0 Å². The second-order valence-electron chi connectivity index (χ2n) is 0.845. The van der Waals surface area contributed by atoms with Gasteiger partial charge in [0.2, 0.25) is 0 Å². The standard InChI is InChI=1S/C4H6S.C3H4.CH4S/c1-3-4-5-2;1-3-2;1-2/h1-2H3;1H,2H3;2H,1H3. The van der Waals surface area contributed by atoms with Gasteiger partial charge >= 0.3 is 0 Å². The molecular weight excluding hydrogens is 160 g/mol. The highest BCUT2D eigenvalue weighted by Crippen LogP contribution is 1.80. The van der Waals surface area contributed by atoms with Gasteiger partial charge in [0, 0.05) is 0 Å². The SMILES string of the molecule is C#CC.CC#CSC.CS. The van der Waals surface area contributed by atoms with Gasteiger partial charge in [-0.25, -0.2) is 0 Å². The Kier molecular flexibility index (Phi) is 60.7. The molecule has 0 atom stereocenters. The minimum Gasteiger partial charge on any atom is -0.183 e. The fourth-order valence-electron chi connectivity index (χ4n) is 0.102. The molecule has 0 heterocycles. The van der Waals surface area contributed by atoms with Crippen LogP contribution in [0.1, 0.15) is 13.8 Å². The average Bonchev–Trinajstić information content (AvgIpc) is 1.96. The van der Waals surface area contributed by atoms with E-state index in [2.05, 4.69) is 36.1 Å². The first-order valence-corrected chi connectivity index (χ1v) is 4.72. The normalized spacial score (nSPS) is 4.00. The minimum absolute atomic E-state index is 1.54. The molecule has 0 spiro atoms. The van der Waals surface area contributed by atoms with E-state index in [-0.39, 0.29) is 0 Å². The van der Waals surface area contributed by atoms with Gasteiger partial charge in [0.15, 0.2) is 0 Å². The van der Waals surface area contributed by atoms with E-state index in [0.717, 1.165) is 0 Å². The fourth-order valence-corrected chi connectivity index (χ4v) is 0.306. The zero-order valence-corrected chi connectivity index (χ0v) is 8.64. The van der Waals surface area contributed by atoms with Gasteiger partial charge in [-0.05, 0) is 31.6 Å². The third kappa shape index (κ3) is 110. The van der Waals surface area contributed by atoms with E-state index in [0.29, 0.717) is 0 Å². The molecule has 0 nitrogen and oxygen atoms in total. The van der Waals surface area contributed by atoms with Crippen molar-refractivity contribution in [2.24, 2.45) is 0 Å². The quantitative estimate of drug-likeness (QED) is 0.435. The van der Waals surface area contributed by atoms with Crippen LogP contribution in [0.2, 0.25) is 0 Å². The van der Waals surface area contributed by atoms with Gasteiger partial charge in [-0.3, -0.25) is 0 Å². The molecule has 0 fully saturated rings. The molecule has 2 heteroatoms. The second kappa shape index (κ2) is 37.0. The zero-order valence-electron chi connectivity index (χ0n) is 6.93. The van der Waals surface area contributed by atoms with Crippen LogP contribution in [0.15, 0.2) is 0 Å². The van der Waals surface area contributed by atoms with Crippen LogP contribution in [0, 0.1) is 23.5 Å². The van der Waals surface area contributed by atoms with Gasteiger partial charge in [0.1, 0.15) is 0 Å². The maximum absolute atomic E-state index is 4.60. The molecule has 0 saturated heterocycles. The maximum atomic E-state index is 4.60. The smallest absolute Gasteiger partial charge is 0.00180 e. The Morgan fingerprint density at radius 1 is 1.30 bits per heavy atom. The van der Waals surface area contributed by atoms with Crippen molar-refractivity contribution in [3.8, 4) is 23.5 Å². The summed E-state index contributed by atoms with van der Waals surface area (Å²) in [5, 5.41) is 2.78. The van der Waals surface area contributed by atoms with Crippen molar-refractivity contribution in [2.45, 2.75) is 13.8 Å². The van der Waals surface area contributed by atoms with E-state index >= 15 is 0 Å². The second-order valence-corrected chi connectivity index (χ2v) is 1.46. The lowest BCUT2D eigenvalue weighted by molar-refractivity contribution is 1.94. The highest BCUT2D eigenvalue weighted by Gasteiger charge is 1.48. The molecule has 0 aromatic heterocycles. The molecule has 0 N–H and O–H groups in total. The van der Waals surface area contributed by atoms with E-state index in [4.69, 9.17) is 0 Å². The van der Waals surface area contributed by atoms with E-state index in [1.165, 1.54) is 0 Å². The monoisotopic (exact) mass is 174 g/mol. The molecule has 0 unspecified atom stereocenters. The Bertz CT molecular complexity index is 111. The fraction of sp³-hybridized carbons (Fsp3) is 0.500. The molecule has 0 aromatic rings. The molecule has 0 rings (SSSR count). The molecule has 0 aliphatic carbocycles. The van der Waals surface area contributed by atoms with E-state index in [1.54, 1.807) is 24.9 Å². The van der Waals surface area contributed by atoms with Crippen LogP contribution in [-0.4, -0.2) is 12.5 Å². The lowest BCUT2D eigenvalue weighted by Crippen LogP contribution is -1.36. The Hall–Kier alpha value is -0.180. The number of thiol groups is 1. The topological polar surface area (TPSA) is 0 Å².